The van der Waals surface area contributed by atoms with E-state index in [1.807, 2.05) is 68.4 Å². The Labute approximate surface area is 168 Å². The van der Waals surface area contributed by atoms with Gasteiger partial charge in [-0.15, -0.1) is 11.8 Å². The normalized spacial score (nSPS) is 26.6. The van der Waals surface area contributed by atoms with Gasteiger partial charge in [-0.2, -0.15) is 10.1 Å². The van der Waals surface area contributed by atoms with Gasteiger partial charge in [0, 0.05) is 12.7 Å². The number of aryl methyl sites for hydroxylation is 1. The highest BCUT2D eigenvalue weighted by Gasteiger charge is 2.65. The monoisotopic (exact) mass is 394 g/mol. The third kappa shape index (κ3) is 2.83. The van der Waals surface area contributed by atoms with Crippen LogP contribution >= 0.6 is 11.8 Å². The van der Waals surface area contributed by atoms with E-state index in [1.54, 1.807) is 11.8 Å². The molecule has 5 nitrogen and oxygen atoms in total. The molecule has 0 aliphatic carbocycles. The highest BCUT2D eigenvalue weighted by Crippen LogP contribution is 2.58. The first-order valence-corrected chi connectivity index (χ1v) is 10.3. The Morgan fingerprint density at radius 3 is 2.46 bits per heavy atom. The lowest BCUT2D eigenvalue weighted by molar-refractivity contribution is -0.151. The van der Waals surface area contributed by atoms with E-state index in [-0.39, 0.29) is 17.1 Å². The van der Waals surface area contributed by atoms with Crippen LogP contribution < -0.4 is 5.01 Å². The summed E-state index contributed by atoms with van der Waals surface area (Å²) in [5.74, 6) is 0.0338. The van der Waals surface area contributed by atoms with Crippen molar-refractivity contribution in [1.29, 1.82) is 0 Å². The molecule has 2 aliphatic heterocycles. The molecule has 0 saturated carbocycles. The molecule has 3 atom stereocenters. The lowest BCUT2D eigenvalue weighted by Gasteiger charge is -2.33. The molecule has 1 amide bonds. The van der Waals surface area contributed by atoms with Gasteiger partial charge in [0.1, 0.15) is 11.5 Å². The van der Waals surface area contributed by atoms with E-state index in [0.29, 0.717) is 11.5 Å². The Bertz CT molecular complexity index is 942. The van der Waals surface area contributed by atoms with Crippen LogP contribution in [0.3, 0.4) is 0 Å². The third-order valence-electron chi connectivity index (χ3n) is 5.42. The Balaban J connectivity index is 1.81. The molecule has 2 aromatic rings. The van der Waals surface area contributed by atoms with E-state index >= 15 is 0 Å². The van der Waals surface area contributed by atoms with Crippen LogP contribution in [0.4, 0.5) is 5.69 Å². The molecule has 0 radical (unpaired) electrons. The van der Waals surface area contributed by atoms with Crippen molar-refractivity contribution >= 4 is 35.0 Å². The molecule has 0 unspecified atom stereocenters. The first-order chi connectivity index (χ1) is 13.4. The largest absolute Gasteiger partial charge is 0.460 e. The third-order valence-corrected chi connectivity index (χ3v) is 6.89. The minimum atomic E-state index is -0.997. The van der Waals surface area contributed by atoms with E-state index in [4.69, 9.17) is 4.74 Å². The van der Waals surface area contributed by atoms with Crippen molar-refractivity contribution in [1.82, 2.24) is 0 Å². The predicted octanol–water partition coefficient (Wildman–Crippen LogP) is 4.12. The summed E-state index contributed by atoms with van der Waals surface area (Å²) < 4.78 is 5.66. The molecule has 6 heteroatoms. The molecule has 2 heterocycles. The number of hydrazone groups is 1. The summed E-state index contributed by atoms with van der Waals surface area (Å²) in [6.07, 6.45) is -0.549. The quantitative estimate of drug-likeness (QED) is 0.735. The molecule has 1 fully saturated rings. The van der Waals surface area contributed by atoms with Crippen LogP contribution in [0.1, 0.15) is 30.2 Å². The maximum atomic E-state index is 13.8. The number of benzene rings is 2. The molecule has 1 spiro atoms. The second-order valence-corrected chi connectivity index (χ2v) is 8.37. The maximum Gasteiger partial charge on any atom is 0.302 e. The molecule has 1 saturated heterocycles. The average molecular weight is 394 g/mol. The van der Waals surface area contributed by atoms with Crippen LogP contribution in [0.15, 0.2) is 59.7 Å². The Morgan fingerprint density at radius 1 is 1.14 bits per heavy atom. The molecule has 28 heavy (non-hydrogen) atoms. The highest BCUT2D eigenvalue weighted by molar-refractivity contribution is 8.00. The first-order valence-electron chi connectivity index (χ1n) is 9.25. The number of ether oxygens (including phenoxy) is 1. The number of carbonyl (C=O) groups is 2. The fraction of sp³-hybridized carbons (Fsp3) is 0.318. The Kier molecular flexibility index (Phi) is 4.75. The second kappa shape index (κ2) is 7.09. The van der Waals surface area contributed by atoms with Crippen molar-refractivity contribution in [2.45, 2.75) is 32.1 Å². The van der Waals surface area contributed by atoms with Crippen LogP contribution in [0.2, 0.25) is 0 Å². The molecule has 2 aliphatic rings. The minimum Gasteiger partial charge on any atom is -0.460 e. The molecular formula is C22H22N2O3S. The fourth-order valence-electron chi connectivity index (χ4n) is 4.07. The molecular weight excluding hydrogens is 372 g/mol. The Hall–Kier alpha value is -2.60. The average Bonchev–Trinajstić information content (AvgIpc) is 3.17. The summed E-state index contributed by atoms with van der Waals surface area (Å²) in [7, 11) is 0. The van der Waals surface area contributed by atoms with Crippen molar-refractivity contribution in [3.63, 3.8) is 0 Å². The number of carbonyl (C=O) groups excluding carboxylic acids is 2. The van der Waals surface area contributed by atoms with Gasteiger partial charge in [-0.05, 0) is 31.5 Å². The lowest BCUT2D eigenvalue weighted by atomic mass is 9.73. The van der Waals surface area contributed by atoms with E-state index in [1.165, 1.54) is 11.9 Å². The number of esters is 1. The number of nitrogens with zero attached hydrogens (tertiary/aromatic N) is 2. The molecule has 2 aromatic carbocycles. The van der Waals surface area contributed by atoms with Crippen molar-refractivity contribution in [3.05, 3.63) is 65.7 Å². The van der Waals surface area contributed by atoms with Gasteiger partial charge in [-0.1, -0.05) is 48.0 Å². The number of amides is 1. The molecule has 0 N–H and O–H groups in total. The SMILES string of the molecule is CC(=O)O[C@@H]1CS[C@H](c2ccccc2)[C@@]12C(=O)N(c1ccc(C)cc1)N=C2C. The van der Waals surface area contributed by atoms with Gasteiger partial charge in [0.05, 0.1) is 16.6 Å². The van der Waals surface area contributed by atoms with E-state index in [2.05, 4.69) is 5.10 Å². The van der Waals surface area contributed by atoms with E-state index in [9.17, 15) is 9.59 Å². The topological polar surface area (TPSA) is 59.0 Å². The van der Waals surface area contributed by atoms with Gasteiger partial charge in [0.15, 0.2) is 0 Å². The number of hydrogen-bond donors (Lipinski definition) is 0. The summed E-state index contributed by atoms with van der Waals surface area (Å²) in [6, 6.07) is 17.6. The van der Waals surface area contributed by atoms with Crippen LogP contribution in [-0.4, -0.2) is 29.4 Å². The van der Waals surface area contributed by atoms with Crippen LogP contribution in [0.5, 0.6) is 0 Å². The zero-order valence-electron chi connectivity index (χ0n) is 16.1. The molecule has 144 valence electrons. The molecule has 0 aromatic heterocycles. The van der Waals surface area contributed by atoms with Crippen molar-refractivity contribution < 1.29 is 14.3 Å². The number of hydrogen-bond acceptors (Lipinski definition) is 5. The molecule has 0 bridgehead atoms. The predicted molar refractivity (Wildman–Crippen MR) is 111 cm³/mol. The Morgan fingerprint density at radius 2 is 1.82 bits per heavy atom. The van der Waals surface area contributed by atoms with Gasteiger partial charge in [0.25, 0.3) is 5.91 Å². The summed E-state index contributed by atoms with van der Waals surface area (Å²) in [5.41, 5.74) is 2.56. The zero-order valence-corrected chi connectivity index (χ0v) is 16.9. The maximum absolute atomic E-state index is 13.8. The summed E-state index contributed by atoms with van der Waals surface area (Å²) in [6.45, 7) is 5.25. The van der Waals surface area contributed by atoms with Crippen molar-refractivity contribution in [2.75, 3.05) is 10.8 Å². The molecule has 4 rings (SSSR count). The van der Waals surface area contributed by atoms with Gasteiger partial charge >= 0.3 is 5.97 Å². The number of rotatable bonds is 3. The number of thioether (sulfide) groups is 1. The van der Waals surface area contributed by atoms with Gasteiger partial charge in [0.2, 0.25) is 0 Å². The zero-order chi connectivity index (χ0) is 19.9. The van der Waals surface area contributed by atoms with E-state index in [0.717, 1.165) is 16.8 Å². The fourth-order valence-corrected chi connectivity index (χ4v) is 5.81. The summed E-state index contributed by atoms with van der Waals surface area (Å²) in [4.78, 5) is 25.6. The van der Waals surface area contributed by atoms with Crippen LogP contribution in [0, 0.1) is 12.3 Å². The summed E-state index contributed by atoms with van der Waals surface area (Å²) >= 11 is 1.64. The summed E-state index contributed by atoms with van der Waals surface area (Å²) in [5, 5.41) is 5.94. The standard InChI is InChI=1S/C22H22N2O3S/c1-14-9-11-18(12-10-14)24-21(26)22(15(2)23-24)19(27-16(3)25)13-28-20(22)17-7-5-4-6-8-17/h4-12,19-20H,13H2,1-3H3/t19-,20-,22+/m1/s1. The van der Waals surface area contributed by atoms with Gasteiger partial charge in [-0.3, -0.25) is 9.59 Å². The van der Waals surface area contributed by atoms with Crippen LogP contribution in [-0.2, 0) is 14.3 Å². The smallest absolute Gasteiger partial charge is 0.302 e. The number of anilines is 1. The lowest BCUT2D eigenvalue weighted by Crippen LogP contribution is -2.50. The van der Waals surface area contributed by atoms with Crippen molar-refractivity contribution in [3.8, 4) is 0 Å². The minimum absolute atomic E-state index is 0.140. The van der Waals surface area contributed by atoms with Crippen LogP contribution in [0.25, 0.3) is 0 Å². The van der Waals surface area contributed by atoms with Crippen molar-refractivity contribution in [2.24, 2.45) is 10.5 Å². The first kappa shape index (κ1) is 18.7. The van der Waals surface area contributed by atoms with E-state index < -0.39 is 11.5 Å². The van der Waals surface area contributed by atoms with Gasteiger partial charge in [-0.25, -0.2) is 0 Å². The highest BCUT2D eigenvalue weighted by atomic mass is 32.2. The van der Waals surface area contributed by atoms with Gasteiger partial charge < -0.3 is 4.74 Å². The second-order valence-electron chi connectivity index (χ2n) is 7.23.